The second-order valence-electron chi connectivity index (χ2n) is 8.81. The molecule has 1 amide bonds. The lowest BCUT2D eigenvalue weighted by Gasteiger charge is -2.38. The Morgan fingerprint density at radius 2 is 2.10 bits per heavy atom. The summed E-state index contributed by atoms with van der Waals surface area (Å²) in [6.45, 7) is 6.07. The number of nitrogens with two attached hydrogens (primary N) is 1. The standard InChI is InChI=1S/C23H31Cl3FN3O/c1-3-14(2)8-23(31)29-7-6-17(13-29)30(16-4-5-22(28)20(26)10-16)12-15-9-21(27)19(25)11-18(15)24/h4-5,9,14,16-18H,3,6-8,10-13,28H2,1-2H3/t14?,16?,17-,18?/m0/s1. The molecule has 0 saturated carbocycles. The second-order valence-corrected chi connectivity index (χ2v) is 10.2. The van der Waals surface area contributed by atoms with Crippen LogP contribution in [0.4, 0.5) is 4.39 Å². The summed E-state index contributed by atoms with van der Waals surface area (Å²) in [5, 5.41) is 0.423. The van der Waals surface area contributed by atoms with E-state index in [2.05, 4.69) is 18.7 Å². The topological polar surface area (TPSA) is 49.6 Å². The second kappa shape index (κ2) is 10.7. The average molecular weight is 491 g/mol. The highest BCUT2D eigenvalue weighted by Gasteiger charge is 2.36. The molecule has 8 heteroatoms. The number of carbonyl (C=O) groups is 1. The van der Waals surface area contributed by atoms with Crippen LogP contribution in [-0.2, 0) is 4.79 Å². The number of carbonyl (C=O) groups excluding carboxylic acids is 1. The molecule has 0 bridgehead atoms. The van der Waals surface area contributed by atoms with E-state index in [1.54, 1.807) is 0 Å². The van der Waals surface area contributed by atoms with Crippen molar-refractivity contribution in [1.29, 1.82) is 0 Å². The van der Waals surface area contributed by atoms with Crippen molar-refractivity contribution in [1.82, 2.24) is 9.80 Å². The zero-order chi connectivity index (χ0) is 22.7. The number of allylic oxidation sites excluding steroid dienone is 4. The first kappa shape index (κ1) is 24.6. The van der Waals surface area contributed by atoms with Gasteiger partial charge in [-0.05, 0) is 30.1 Å². The molecule has 1 fully saturated rings. The van der Waals surface area contributed by atoms with Gasteiger partial charge in [-0.1, -0.05) is 49.5 Å². The van der Waals surface area contributed by atoms with E-state index in [4.69, 9.17) is 40.5 Å². The Hall–Kier alpha value is -1.01. The van der Waals surface area contributed by atoms with Crippen LogP contribution in [0.3, 0.4) is 0 Å². The molecular formula is C23H31Cl3FN3O. The third-order valence-corrected chi connectivity index (χ3v) is 7.67. The highest BCUT2D eigenvalue weighted by molar-refractivity contribution is 6.31. The summed E-state index contributed by atoms with van der Waals surface area (Å²) in [6, 6.07) is 0.136. The van der Waals surface area contributed by atoms with Crippen molar-refractivity contribution in [3.63, 3.8) is 0 Å². The van der Waals surface area contributed by atoms with Crippen molar-refractivity contribution in [2.45, 2.75) is 63.4 Å². The van der Waals surface area contributed by atoms with Gasteiger partial charge in [-0.25, -0.2) is 4.39 Å². The molecule has 4 atom stereocenters. The normalized spacial score (nSPS) is 27.9. The fourth-order valence-corrected chi connectivity index (χ4v) is 5.10. The molecule has 3 rings (SSSR count). The number of hydrogen-bond acceptors (Lipinski definition) is 3. The molecule has 1 heterocycles. The molecule has 31 heavy (non-hydrogen) atoms. The van der Waals surface area contributed by atoms with Crippen LogP contribution in [0, 0.1) is 5.92 Å². The fraction of sp³-hybridized carbons (Fsp3) is 0.609. The summed E-state index contributed by atoms with van der Waals surface area (Å²) in [7, 11) is 0. The van der Waals surface area contributed by atoms with Crippen molar-refractivity contribution in [2.24, 2.45) is 11.7 Å². The highest BCUT2D eigenvalue weighted by Crippen LogP contribution is 2.34. The molecule has 3 unspecified atom stereocenters. The van der Waals surface area contributed by atoms with Crippen LogP contribution < -0.4 is 5.73 Å². The third kappa shape index (κ3) is 6.07. The van der Waals surface area contributed by atoms with Crippen LogP contribution in [0.5, 0.6) is 0 Å². The number of amides is 1. The van der Waals surface area contributed by atoms with E-state index in [9.17, 15) is 9.18 Å². The lowest BCUT2D eigenvalue weighted by Crippen LogP contribution is -2.47. The van der Waals surface area contributed by atoms with Crippen LogP contribution in [0.2, 0.25) is 0 Å². The Bertz CT molecular complexity index is 823. The van der Waals surface area contributed by atoms with Crippen molar-refractivity contribution < 1.29 is 9.18 Å². The minimum atomic E-state index is -0.424. The first-order valence-electron chi connectivity index (χ1n) is 10.9. The van der Waals surface area contributed by atoms with Crippen LogP contribution in [-0.4, -0.2) is 52.8 Å². The Morgan fingerprint density at radius 1 is 1.35 bits per heavy atom. The zero-order valence-corrected chi connectivity index (χ0v) is 20.4. The van der Waals surface area contributed by atoms with E-state index in [1.165, 1.54) is 6.08 Å². The SMILES string of the molecule is CCC(C)CC(=O)N1CC[C@H](N(CC2=CC(F)=C(Cl)CC2Cl)C2C=CC(N)=C(Cl)C2)C1. The van der Waals surface area contributed by atoms with Crippen molar-refractivity contribution >= 4 is 40.7 Å². The lowest BCUT2D eigenvalue weighted by atomic mass is 9.98. The Kier molecular flexibility index (Phi) is 8.53. The largest absolute Gasteiger partial charge is 0.398 e. The first-order valence-corrected chi connectivity index (χ1v) is 12.1. The van der Waals surface area contributed by atoms with Gasteiger partial charge in [-0.3, -0.25) is 9.69 Å². The average Bonchev–Trinajstić information content (AvgIpc) is 3.22. The summed E-state index contributed by atoms with van der Waals surface area (Å²) in [6.07, 6.45) is 8.60. The van der Waals surface area contributed by atoms with Gasteiger partial charge >= 0.3 is 0 Å². The molecule has 1 saturated heterocycles. The summed E-state index contributed by atoms with van der Waals surface area (Å²) in [5.41, 5.74) is 7.31. The van der Waals surface area contributed by atoms with Crippen LogP contribution in [0.1, 0.15) is 46.0 Å². The number of halogens is 4. The highest BCUT2D eigenvalue weighted by atomic mass is 35.5. The summed E-state index contributed by atoms with van der Waals surface area (Å²) in [5.74, 6) is 0.150. The van der Waals surface area contributed by atoms with Crippen molar-refractivity contribution in [3.05, 3.63) is 45.4 Å². The monoisotopic (exact) mass is 489 g/mol. The molecule has 0 aromatic rings. The van der Waals surface area contributed by atoms with E-state index in [-0.39, 0.29) is 34.8 Å². The van der Waals surface area contributed by atoms with E-state index in [1.807, 2.05) is 17.1 Å². The van der Waals surface area contributed by atoms with Gasteiger partial charge in [-0.15, -0.1) is 11.6 Å². The molecule has 1 aliphatic heterocycles. The molecule has 2 aliphatic carbocycles. The number of likely N-dealkylation sites (tertiary alicyclic amines) is 1. The van der Waals surface area contributed by atoms with E-state index >= 15 is 0 Å². The molecule has 4 nitrogen and oxygen atoms in total. The van der Waals surface area contributed by atoms with Gasteiger partial charge in [0.1, 0.15) is 5.83 Å². The van der Waals surface area contributed by atoms with Gasteiger partial charge < -0.3 is 10.6 Å². The van der Waals surface area contributed by atoms with E-state index in [0.29, 0.717) is 42.6 Å². The smallest absolute Gasteiger partial charge is 0.222 e. The number of nitrogens with zero attached hydrogens (tertiary/aromatic N) is 2. The van der Waals surface area contributed by atoms with Crippen LogP contribution in [0.15, 0.2) is 45.4 Å². The molecule has 0 spiro atoms. The Labute approximate surface area is 199 Å². The maximum atomic E-state index is 14.2. The molecule has 172 valence electrons. The maximum absolute atomic E-state index is 14.2. The summed E-state index contributed by atoms with van der Waals surface area (Å²) >= 11 is 18.8. The predicted molar refractivity (Wildman–Crippen MR) is 127 cm³/mol. The minimum Gasteiger partial charge on any atom is -0.398 e. The maximum Gasteiger partial charge on any atom is 0.222 e. The Morgan fingerprint density at radius 3 is 2.77 bits per heavy atom. The van der Waals surface area contributed by atoms with Gasteiger partial charge in [-0.2, -0.15) is 0 Å². The molecule has 0 aromatic carbocycles. The van der Waals surface area contributed by atoms with E-state index in [0.717, 1.165) is 25.0 Å². The van der Waals surface area contributed by atoms with Gasteiger partial charge in [0.15, 0.2) is 0 Å². The van der Waals surface area contributed by atoms with E-state index < -0.39 is 5.83 Å². The van der Waals surface area contributed by atoms with Crippen LogP contribution >= 0.6 is 34.8 Å². The van der Waals surface area contributed by atoms with Crippen LogP contribution in [0.25, 0.3) is 0 Å². The van der Waals surface area contributed by atoms with Crippen molar-refractivity contribution in [2.75, 3.05) is 19.6 Å². The number of alkyl halides is 1. The summed E-state index contributed by atoms with van der Waals surface area (Å²) < 4.78 is 14.2. The molecular weight excluding hydrogens is 460 g/mol. The lowest BCUT2D eigenvalue weighted by molar-refractivity contribution is -0.131. The van der Waals surface area contributed by atoms with Gasteiger partial charge in [0.05, 0.1) is 10.4 Å². The quantitative estimate of drug-likeness (QED) is 0.485. The number of rotatable bonds is 7. The zero-order valence-electron chi connectivity index (χ0n) is 18.1. The molecule has 2 N–H and O–H groups in total. The molecule has 0 aromatic heterocycles. The van der Waals surface area contributed by atoms with Gasteiger partial charge in [0.2, 0.25) is 5.91 Å². The van der Waals surface area contributed by atoms with Crippen molar-refractivity contribution in [3.8, 4) is 0 Å². The first-order chi connectivity index (χ1) is 14.7. The third-order valence-electron chi connectivity index (χ3n) is 6.53. The molecule has 0 radical (unpaired) electrons. The molecule has 3 aliphatic rings. The van der Waals surface area contributed by atoms with Gasteiger partial charge in [0.25, 0.3) is 0 Å². The predicted octanol–water partition coefficient (Wildman–Crippen LogP) is 5.42. The Balaban J connectivity index is 1.78. The number of hydrogen-bond donors (Lipinski definition) is 1. The fourth-order valence-electron chi connectivity index (χ4n) is 4.30. The minimum absolute atomic E-state index is 0.00336. The van der Waals surface area contributed by atoms with Gasteiger partial charge in [0, 0.05) is 61.7 Å². The summed E-state index contributed by atoms with van der Waals surface area (Å²) in [4.78, 5) is 17.0.